The van der Waals surface area contributed by atoms with E-state index in [4.69, 9.17) is 0 Å². The fraction of sp³-hybridized carbons (Fsp3) is 0.280. The van der Waals surface area contributed by atoms with Crippen LogP contribution in [-0.4, -0.2) is 26.8 Å². The van der Waals surface area contributed by atoms with Crippen LogP contribution in [0.4, 0.5) is 5.69 Å². The van der Waals surface area contributed by atoms with E-state index in [2.05, 4.69) is 88.3 Å². The second-order valence-corrected chi connectivity index (χ2v) is 8.30. The molecule has 1 aliphatic heterocycles. The molecule has 0 saturated heterocycles. The van der Waals surface area contributed by atoms with Gasteiger partial charge in [-0.3, -0.25) is 4.68 Å². The van der Waals surface area contributed by atoms with Crippen LogP contribution in [0.2, 0.25) is 0 Å². The number of nitrogens with one attached hydrogen (secondary N) is 2. The molecule has 0 spiro atoms. The summed E-state index contributed by atoms with van der Waals surface area (Å²) in [5.41, 5.74) is 7.84. The van der Waals surface area contributed by atoms with Crippen LogP contribution < -0.4 is 10.6 Å². The highest BCUT2D eigenvalue weighted by Crippen LogP contribution is 2.41. The molecule has 152 valence electrons. The number of hydrogen-bond donors (Lipinski definition) is 2. The van der Waals surface area contributed by atoms with Gasteiger partial charge in [0.15, 0.2) is 0 Å². The molecule has 2 heterocycles. The first-order chi connectivity index (χ1) is 14.7. The number of aryl methyl sites for hydroxylation is 1. The summed E-state index contributed by atoms with van der Waals surface area (Å²) in [7, 11) is 0. The Morgan fingerprint density at radius 1 is 1.07 bits per heavy atom. The molecule has 5 nitrogen and oxygen atoms in total. The first-order valence-corrected chi connectivity index (χ1v) is 10.6. The minimum Gasteiger partial charge on any atom is -0.358 e. The minimum absolute atomic E-state index is 0.174. The molecule has 0 fully saturated rings. The van der Waals surface area contributed by atoms with Gasteiger partial charge < -0.3 is 10.6 Å². The van der Waals surface area contributed by atoms with Gasteiger partial charge in [0.1, 0.15) is 12.7 Å². The van der Waals surface area contributed by atoms with Crippen LogP contribution in [0, 0.1) is 0 Å². The van der Waals surface area contributed by atoms with E-state index in [1.54, 1.807) is 12.7 Å². The summed E-state index contributed by atoms with van der Waals surface area (Å²) in [6.07, 6.45) is 8.82. The Balaban J connectivity index is 1.47. The maximum atomic E-state index is 4.23. The van der Waals surface area contributed by atoms with E-state index < -0.39 is 0 Å². The molecule has 0 saturated carbocycles. The number of fused-ring (bicyclic) bond motifs is 1. The van der Waals surface area contributed by atoms with Crippen molar-refractivity contribution < 1.29 is 0 Å². The van der Waals surface area contributed by atoms with Crippen molar-refractivity contribution in [1.82, 2.24) is 20.1 Å². The van der Waals surface area contributed by atoms with Crippen LogP contribution in [-0.2, 0) is 13.0 Å². The fourth-order valence-corrected chi connectivity index (χ4v) is 4.59. The molecule has 1 unspecified atom stereocenters. The molecule has 1 aromatic heterocycles. The third-order valence-corrected chi connectivity index (χ3v) is 6.21. The highest BCUT2D eigenvalue weighted by Gasteiger charge is 2.35. The Morgan fingerprint density at radius 2 is 1.90 bits per heavy atom. The van der Waals surface area contributed by atoms with Crippen molar-refractivity contribution in [3.8, 4) is 0 Å². The Kier molecular flexibility index (Phi) is 4.97. The predicted molar refractivity (Wildman–Crippen MR) is 121 cm³/mol. The van der Waals surface area contributed by atoms with E-state index in [-0.39, 0.29) is 5.54 Å². The monoisotopic (exact) mass is 397 g/mol. The number of benzene rings is 2. The predicted octanol–water partition coefficient (Wildman–Crippen LogP) is 4.43. The third-order valence-electron chi connectivity index (χ3n) is 6.21. The number of para-hydroxylation sites is 1. The molecule has 0 bridgehead atoms. The number of aromatic nitrogens is 3. The van der Waals surface area contributed by atoms with Gasteiger partial charge in [0, 0.05) is 29.9 Å². The van der Waals surface area contributed by atoms with Gasteiger partial charge >= 0.3 is 0 Å². The molecule has 0 radical (unpaired) electrons. The van der Waals surface area contributed by atoms with Gasteiger partial charge in [-0.2, -0.15) is 5.10 Å². The van der Waals surface area contributed by atoms with Crippen LogP contribution in [0.15, 0.2) is 84.6 Å². The number of nitrogens with zero attached hydrogens (tertiary/aromatic N) is 3. The third kappa shape index (κ3) is 3.68. The molecular formula is C25H27N5. The van der Waals surface area contributed by atoms with Gasteiger partial charge in [-0.05, 0) is 48.1 Å². The second kappa shape index (κ2) is 7.92. The van der Waals surface area contributed by atoms with E-state index in [1.165, 1.54) is 33.7 Å². The van der Waals surface area contributed by atoms with E-state index in [9.17, 15) is 0 Å². The van der Waals surface area contributed by atoms with Crippen molar-refractivity contribution in [1.29, 1.82) is 0 Å². The Bertz CT molecular complexity index is 1080. The summed E-state index contributed by atoms with van der Waals surface area (Å²) in [5, 5.41) is 11.8. The zero-order valence-electron chi connectivity index (χ0n) is 17.3. The minimum atomic E-state index is -0.174. The molecule has 5 heteroatoms. The van der Waals surface area contributed by atoms with E-state index in [1.807, 2.05) is 4.68 Å². The normalized spacial score (nSPS) is 20.6. The Labute approximate surface area is 177 Å². The summed E-state index contributed by atoms with van der Waals surface area (Å²) < 4.78 is 1.87. The molecule has 30 heavy (non-hydrogen) atoms. The number of hydrogen-bond acceptors (Lipinski definition) is 4. The van der Waals surface area contributed by atoms with Gasteiger partial charge in [0.2, 0.25) is 0 Å². The van der Waals surface area contributed by atoms with Crippen molar-refractivity contribution in [3.63, 3.8) is 0 Å². The van der Waals surface area contributed by atoms with Crippen molar-refractivity contribution in [2.75, 3.05) is 11.9 Å². The lowest BCUT2D eigenvalue weighted by Crippen LogP contribution is -2.47. The highest BCUT2D eigenvalue weighted by atomic mass is 15.3. The number of rotatable bonds is 5. The molecule has 0 amide bonds. The van der Waals surface area contributed by atoms with Crippen LogP contribution in [0.25, 0.3) is 5.57 Å². The molecule has 2 N–H and O–H groups in total. The maximum Gasteiger partial charge on any atom is 0.137 e. The maximum absolute atomic E-state index is 4.23. The van der Waals surface area contributed by atoms with Gasteiger partial charge in [-0.15, -0.1) is 0 Å². The van der Waals surface area contributed by atoms with Crippen molar-refractivity contribution >= 4 is 11.3 Å². The van der Waals surface area contributed by atoms with E-state index >= 15 is 0 Å². The van der Waals surface area contributed by atoms with E-state index in [0.717, 1.165) is 32.4 Å². The smallest absolute Gasteiger partial charge is 0.137 e. The topological polar surface area (TPSA) is 54.8 Å². The number of anilines is 1. The first-order valence-electron chi connectivity index (χ1n) is 10.6. The molecular weight excluding hydrogens is 370 g/mol. The molecule has 1 atom stereocenters. The van der Waals surface area contributed by atoms with Gasteiger partial charge in [0.05, 0.1) is 6.54 Å². The quantitative estimate of drug-likeness (QED) is 0.669. The zero-order chi connectivity index (χ0) is 20.4. The average Bonchev–Trinajstić information content (AvgIpc) is 3.21. The lowest BCUT2D eigenvalue weighted by atomic mass is 9.76. The Hall–Kier alpha value is -3.18. The second-order valence-electron chi connectivity index (χ2n) is 8.30. The van der Waals surface area contributed by atoms with Crippen molar-refractivity contribution in [2.45, 2.75) is 38.3 Å². The van der Waals surface area contributed by atoms with Crippen LogP contribution >= 0.6 is 0 Å². The van der Waals surface area contributed by atoms with Crippen molar-refractivity contribution in [2.24, 2.45) is 0 Å². The Morgan fingerprint density at radius 3 is 2.73 bits per heavy atom. The van der Waals surface area contributed by atoms with Gasteiger partial charge in [-0.25, -0.2) is 4.98 Å². The summed E-state index contributed by atoms with van der Waals surface area (Å²) in [5.74, 6) is 0. The van der Waals surface area contributed by atoms with Crippen LogP contribution in [0.5, 0.6) is 0 Å². The highest BCUT2D eigenvalue weighted by molar-refractivity contribution is 5.78. The summed E-state index contributed by atoms with van der Waals surface area (Å²) >= 11 is 0. The molecule has 1 aliphatic carbocycles. The molecule has 2 aromatic carbocycles. The lowest BCUT2D eigenvalue weighted by molar-refractivity contribution is 0.419. The zero-order valence-corrected chi connectivity index (χ0v) is 17.3. The summed E-state index contributed by atoms with van der Waals surface area (Å²) in [6.45, 7) is 3.93. The first kappa shape index (κ1) is 18.8. The largest absolute Gasteiger partial charge is 0.358 e. The fourth-order valence-electron chi connectivity index (χ4n) is 4.59. The van der Waals surface area contributed by atoms with Gasteiger partial charge in [-0.1, -0.05) is 54.6 Å². The molecule has 5 rings (SSSR count). The van der Waals surface area contributed by atoms with Crippen molar-refractivity contribution in [3.05, 3.63) is 95.7 Å². The average molecular weight is 398 g/mol. The number of allylic oxidation sites excluding steroid dienone is 2. The van der Waals surface area contributed by atoms with E-state index in [0.29, 0.717) is 0 Å². The standard InChI is InChI=1S/C25H27N5/c1-25(27-13-14-30-18-26-17-28-30)16-24-21(15-22(25)19-7-3-2-4-8-19)12-11-20-9-5-6-10-23(20)29-24/h2-10,15,17-18,27,29H,11-14,16H2,1H3. The molecule has 3 aromatic rings. The van der Waals surface area contributed by atoms with Crippen LogP contribution in [0.1, 0.15) is 30.9 Å². The summed E-state index contributed by atoms with van der Waals surface area (Å²) in [6, 6.07) is 19.4. The van der Waals surface area contributed by atoms with Crippen LogP contribution in [0.3, 0.4) is 0 Å². The lowest BCUT2D eigenvalue weighted by Gasteiger charge is -2.39. The SMILES string of the molecule is CC1(NCCn2cncn2)CC2=C(C=C1c1ccccc1)CCc1ccccc1N2. The molecule has 2 aliphatic rings. The summed E-state index contributed by atoms with van der Waals surface area (Å²) in [4.78, 5) is 4.05. The van der Waals surface area contributed by atoms with Gasteiger partial charge in [0.25, 0.3) is 0 Å².